The number of hydrogen-bond donors (Lipinski definition) is 2. The van der Waals surface area contributed by atoms with Crippen molar-refractivity contribution in [3.63, 3.8) is 0 Å². The van der Waals surface area contributed by atoms with Gasteiger partial charge >= 0.3 is 5.97 Å². The van der Waals surface area contributed by atoms with Crippen LogP contribution in [0.2, 0.25) is 0 Å². The molecule has 0 unspecified atom stereocenters. The normalized spacial score (nSPS) is 12.7. The Kier molecular flexibility index (Phi) is 9.78. The van der Waals surface area contributed by atoms with Gasteiger partial charge in [-0.05, 0) is 75.1 Å². The predicted octanol–water partition coefficient (Wildman–Crippen LogP) is 4.96. The van der Waals surface area contributed by atoms with Crippen LogP contribution in [0.4, 0.5) is 10.7 Å². The molecule has 0 saturated carbocycles. The average molecular weight is 651 g/mol. The molecule has 0 saturated heterocycles. The fraction of sp³-hybridized carbons (Fsp3) is 0.300. The summed E-state index contributed by atoms with van der Waals surface area (Å²) in [5.74, 6) is -0.187. The third kappa shape index (κ3) is 6.99. The molecule has 5 rings (SSSR count). The van der Waals surface area contributed by atoms with Gasteiger partial charge in [-0.15, -0.1) is 21.5 Å². The first-order chi connectivity index (χ1) is 21.7. The number of nitrogens with one attached hydrogen (secondary N) is 2. The van der Waals surface area contributed by atoms with Gasteiger partial charge in [0.15, 0.2) is 11.0 Å². The van der Waals surface area contributed by atoms with Crippen LogP contribution in [0, 0.1) is 10.1 Å². The molecular weight excluding hydrogens is 620 g/mol. The van der Waals surface area contributed by atoms with Gasteiger partial charge in [-0.3, -0.25) is 24.3 Å². The van der Waals surface area contributed by atoms with E-state index < -0.39 is 16.1 Å². The van der Waals surface area contributed by atoms with Crippen molar-refractivity contribution >= 4 is 51.6 Å². The molecule has 2 aromatic heterocycles. The van der Waals surface area contributed by atoms with Crippen molar-refractivity contribution in [2.75, 3.05) is 19.0 Å². The number of ether oxygens (including phenoxy) is 2. The minimum Gasteiger partial charge on any atom is -0.497 e. The van der Waals surface area contributed by atoms with Crippen molar-refractivity contribution in [1.29, 1.82) is 0 Å². The van der Waals surface area contributed by atoms with Crippen LogP contribution in [0.25, 0.3) is 5.69 Å². The minimum atomic E-state index is -0.681. The zero-order valence-corrected chi connectivity index (χ0v) is 26.3. The Morgan fingerprint density at radius 2 is 1.84 bits per heavy atom. The maximum Gasteiger partial charge on any atom is 0.341 e. The number of nitro benzene ring substituents is 1. The third-order valence-electron chi connectivity index (χ3n) is 7.07. The number of anilines is 1. The number of hydrogen-bond acceptors (Lipinski definition) is 11. The number of benzene rings is 2. The van der Waals surface area contributed by atoms with Gasteiger partial charge in [0.05, 0.1) is 36.0 Å². The van der Waals surface area contributed by atoms with Crippen LogP contribution >= 0.6 is 23.1 Å². The third-order valence-corrected chi connectivity index (χ3v) is 9.32. The lowest BCUT2D eigenvalue weighted by atomic mass is 10.1. The highest BCUT2D eigenvalue weighted by Gasteiger charge is 2.30. The summed E-state index contributed by atoms with van der Waals surface area (Å²) in [7, 11) is 1.54. The number of amides is 2. The number of nitro groups is 1. The summed E-state index contributed by atoms with van der Waals surface area (Å²) in [5.41, 5.74) is 2.19. The molecule has 1 aliphatic rings. The lowest BCUT2D eigenvalue weighted by Gasteiger charge is -2.14. The zero-order chi connectivity index (χ0) is 32.1. The molecule has 0 aliphatic heterocycles. The van der Waals surface area contributed by atoms with Gasteiger partial charge in [0.2, 0.25) is 5.91 Å². The van der Waals surface area contributed by atoms with E-state index in [1.54, 1.807) is 54.8 Å². The highest BCUT2D eigenvalue weighted by molar-refractivity contribution is 8.00. The number of aryl methyl sites for hydroxylation is 1. The molecule has 4 aromatic rings. The molecule has 2 heterocycles. The quantitative estimate of drug-likeness (QED) is 0.0926. The van der Waals surface area contributed by atoms with E-state index >= 15 is 0 Å². The van der Waals surface area contributed by atoms with Crippen molar-refractivity contribution in [3.8, 4) is 11.4 Å². The maximum atomic E-state index is 13.4. The van der Waals surface area contributed by atoms with Gasteiger partial charge in [-0.2, -0.15) is 0 Å². The zero-order valence-electron chi connectivity index (χ0n) is 24.7. The molecule has 0 bridgehead atoms. The Balaban J connectivity index is 1.37. The van der Waals surface area contributed by atoms with Gasteiger partial charge in [0.25, 0.3) is 11.6 Å². The molecule has 0 radical (unpaired) electrons. The summed E-state index contributed by atoms with van der Waals surface area (Å²) in [6, 6.07) is 12.4. The van der Waals surface area contributed by atoms with Gasteiger partial charge in [-0.1, -0.05) is 11.8 Å². The van der Waals surface area contributed by atoms with E-state index in [9.17, 15) is 24.5 Å². The van der Waals surface area contributed by atoms with Crippen LogP contribution < -0.4 is 15.4 Å². The number of esters is 1. The second-order valence-corrected chi connectivity index (χ2v) is 12.4. The monoisotopic (exact) mass is 650 g/mol. The van der Waals surface area contributed by atoms with E-state index in [-0.39, 0.29) is 30.7 Å². The number of methoxy groups -OCH3 is 1. The Bertz CT molecular complexity index is 1730. The van der Waals surface area contributed by atoms with Gasteiger partial charge in [0.1, 0.15) is 10.8 Å². The largest absolute Gasteiger partial charge is 0.497 e. The molecule has 2 N–H and O–H groups in total. The second-order valence-electron chi connectivity index (χ2n) is 9.95. The van der Waals surface area contributed by atoms with Crippen molar-refractivity contribution in [3.05, 3.63) is 86.0 Å². The number of aromatic nitrogens is 3. The van der Waals surface area contributed by atoms with Crippen LogP contribution in [0.3, 0.4) is 0 Å². The van der Waals surface area contributed by atoms with Crippen LogP contribution in [0.1, 0.15) is 57.2 Å². The molecule has 2 aromatic carbocycles. The Hall–Kier alpha value is -4.76. The standard InChI is InChI=1S/C30H30N6O7S2/c1-4-43-29(39)25-22-6-5-7-23(22)45-28(25)32-26(37)17(2)44-30-34-33-24(35(30)19-10-12-20(13-11-19)36(40)41)16-31-27(38)18-8-14-21(42-3)15-9-18/h8-15,17H,4-7,16H2,1-3H3,(H,31,38)(H,32,37)/t17-/m1/s1. The summed E-state index contributed by atoms with van der Waals surface area (Å²) in [4.78, 5) is 50.8. The van der Waals surface area contributed by atoms with Crippen molar-refractivity contribution in [1.82, 2.24) is 20.1 Å². The summed E-state index contributed by atoms with van der Waals surface area (Å²) in [5, 5.41) is 25.6. The van der Waals surface area contributed by atoms with Crippen molar-refractivity contribution in [2.24, 2.45) is 0 Å². The number of non-ortho nitro benzene ring substituents is 1. The highest BCUT2D eigenvalue weighted by Crippen LogP contribution is 2.40. The van der Waals surface area contributed by atoms with E-state index in [1.807, 2.05) is 0 Å². The number of rotatable bonds is 12. The van der Waals surface area contributed by atoms with Crippen molar-refractivity contribution in [2.45, 2.75) is 50.1 Å². The first-order valence-electron chi connectivity index (χ1n) is 14.1. The Morgan fingerprint density at radius 3 is 2.51 bits per heavy atom. The molecule has 1 aliphatic carbocycles. The minimum absolute atomic E-state index is 0.0142. The van der Waals surface area contributed by atoms with Gasteiger partial charge in [0, 0.05) is 28.3 Å². The lowest BCUT2D eigenvalue weighted by Crippen LogP contribution is -2.25. The topological polar surface area (TPSA) is 168 Å². The number of nitrogens with zero attached hydrogens (tertiary/aromatic N) is 4. The van der Waals surface area contributed by atoms with Crippen LogP contribution in [-0.2, 0) is 28.9 Å². The van der Waals surface area contributed by atoms with Crippen LogP contribution in [-0.4, -0.2) is 56.4 Å². The fourth-order valence-electron chi connectivity index (χ4n) is 4.81. The van der Waals surface area contributed by atoms with E-state index in [2.05, 4.69) is 20.8 Å². The second kappa shape index (κ2) is 13.9. The molecular formula is C30H30N6O7S2. The summed E-state index contributed by atoms with van der Waals surface area (Å²) in [6.07, 6.45) is 2.56. The van der Waals surface area contributed by atoms with E-state index in [0.717, 1.165) is 41.5 Å². The number of fused-ring (bicyclic) bond motifs is 1. The van der Waals surface area contributed by atoms with E-state index in [0.29, 0.717) is 38.5 Å². The molecule has 15 heteroatoms. The smallest absolute Gasteiger partial charge is 0.341 e. The molecule has 0 spiro atoms. The SMILES string of the molecule is CCOC(=O)c1c(NC(=O)[C@@H](C)Sc2nnc(CNC(=O)c3ccc(OC)cc3)n2-c2ccc([N+](=O)[O-])cc2)sc2c1CCC2. The Labute approximate surface area is 266 Å². The Morgan fingerprint density at radius 1 is 1.11 bits per heavy atom. The lowest BCUT2D eigenvalue weighted by molar-refractivity contribution is -0.384. The summed E-state index contributed by atoms with van der Waals surface area (Å²) < 4.78 is 12.1. The predicted molar refractivity (Wildman–Crippen MR) is 168 cm³/mol. The highest BCUT2D eigenvalue weighted by atomic mass is 32.2. The van der Waals surface area contributed by atoms with Gasteiger partial charge < -0.3 is 20.1 Å². The van der Waals surface area contributed by atoms with Crippen LogP contribution in [0.15, 0.2) is 53.7 Å². The van der Waals surface area contributed by atoms with Crippen molar-refractivity contribution < 1.29 is 28.8 Å². The molecule has 0 fully saturated rings. The summed E-state index contributed by atoms with van der Waals surface area (Å²) >= 11 is 2.51. The maximum absolute atomic E-state index is 13.4. The molecule has 2 amide bonds. The molecule has 1 atom stereocenters. The van der Waals surface area contributed by atoms with Crippen LogP contribution in [0.5, 0.6) is 5.75 Å². The number of carbonyl (C=O) groups is 3. The average Bonchev–Trinajstić information content (AvgIpc) is 3.74. The first kappa shape index (κ1) is 31.7. The summed E-state index contributed by atoms with van der Waals surface area (Å²) in [6.45, 7) is 3.65. The van der Waals surface area contributed by atoms with E-state index in [4.69, 9.17) is 9.47 Å². The number of carbonyl (C=O) groups excluding carboxylic acids is 3. The number of thiophene rings is 1. The first-order valence-corrected chi connectivity index (χ1v) is 15.8. The fourth-order valence-corrected chi connectivity index (χ4v) is 6.98. The van der Waals surface area contributed by atoms with Gasteiger partial charge in [-0.25, -0.2) is 4.79 Å². The molecule has 45 heavy (non-hydrogen) atoms. The molecule has 234 valence electrons. The van der Waals surface area contributed by atoms with E-state index in [1.165, 1.54) is 30.6 Å². The number of thioether (sulfide) groups is 1. The molecule has 13 nitrogen and oxygen atoms in total.